The number of fused-ring (bicyclic) bond motifs is 1. The van der Waals surface area contributed by atoms with Crippen LogP contribution in [0.5, 0.6) is 0 Å². The summed E-state index contributed by atoms with van der Waals surface area (Å²) in [5.41, 5.74) is 2.71. The third-order valence-electron chi connectivity index (χ3n) is 3.34. The zero-order chi connectivity index (χ0) is 13.0. The number of rotatable bonds is 5. The first-order valence-corrected chi connectivity index (χ1v) is 6.66. The van der Waals surface area contributed by atoms with Crippen molar-refractivity contribution in [3.8, 4) is 0 Å². The number of hydrogen-bond acceptors (Lipinski definition) is 2. The standard InChI is InChI=1S/C15H19NO2/c1-2-3-4-5-6-11-7-8-12-10-14(17)16-15(18)13(12)9-11/h7-9H,2-6,10H2,1H3,(H,16,17,18). The molecule has 0 radical (unpaired) electrons. The second-order valence-electron chi connectivity index (χ2n) is 4.86. The van der Waals surface area contributed by atoms with Crippen molar-refractivity contribution >= 4 is 11.8 Å². The lowest BCUT2D eigenvalue weighted by molar-refractivity contribution is -0.119. The minimum Gasteiger partial charge on any atom is -0.292 e. The average Bonchev–Trinajstić information content (AvgIpc) is 2.35. The maximum absolute atomic E-state index is 11.7. The van der Waals surface area contributed by atoms with E-state index in [0.717, 1.165) is 18.4 Å². The Bertz CT molecular complexity index is 466. The van der Waals surface area contributed by atoms with Gasteiger partial charge in [0, 0.05) is 5.56 Å². The summed E-state index contributed by atoms with van der Waals surface area (Å²) < 4.78 is 0. The number of hydrogen-bond donors (Lipinski definition) is 1. The molecule has 3 heteroatoms. The summed E-state index contributed by atoms with van der Waals surface area (Å²) in [7, 11) is 0. The Kier molecular flexibility index (Phi) is 4.13. The van der Waals surface area contributed by atoms with Crippen molar-refractivity contribution < 1.29 is 9.59 Å². The van der Waals surface area contributed by atoms with Gasteiger partial charge in [-0.2, -0.15) is 0 Å². The fraction of sp³-hybridized carbons (Fsp3) is 0.467. The van der Waals surface area contributed by atoms with Crippen LogP contribution in [-0.2, 0) is 17.6 Å². The molecule has 0 saturated heterocycles. The van der Waals surface area contributed by atoms with E-state index >= 15 is 0 Å². The fourth-order valence-electron chi connectivity index (χ4n) is 2.31. The number of nitrogens with one attached hydrogen (secondary N) is 1. The van der Waals surface area contributed by atoms with Crippen LogP contribution in [0.1, 0.15) is 54.1 Å². The first-order chi connectivity index (χ1) is 8.70. The highest BCUT2D eigenvalue weighted by molar-refractivity contribution is 6.09. The van der Waals surface area contributed by atoms with Crippen LogP contribution in [0.25, 0.3) is 0 Å². The van der Waals surface area contributed by atoms with Gasteiger partial charge in [0.15, 0.2) is 0 Å². The lowest BCUT2D eigenvalue weighted by Gasteiger charge is -2.16. The van der Waals surface area contributed by atoms with Crippen LogP contribution in [0.15, 0.2) is 18.2 Å². The van der Waals surface area contributed by atoms with Gasteiger partial charge in [-0.05, 0) is 30.0 Å². The molecule has 0 aromatic heterocycles. The Morgan fingerprint density at radius 1 is 1.17 bits per heavy atom. The van der Waals surface area contributed by atoms with Crippen LogP contribution in [0.2, 0.25) is 0 Å². The van der Waals surface area contributed by atoms with E-state index in [1.54, 1.807) is 0 Å². The molecule has 1 aliphatic heterocycles. The molecule has 3 nitrogen and oxygen atoms in total. The topological polar surface area (TPSA) is 46.2 Å². The molecule has 1 aromatic rings. The molecule has 0 fully saturated rings. The van der Waals surface area contributed by atoms with Crippen molar-refractivity contribution in [2.24, 2.45) is 0 Å². The van der Waals surface area contributed by atoms with Crippen molar-refractivity contribution in [1.82, 2.24) is 5.32 Å². The van der Waals surface area contributed by atoms with Gasteiger partial charge in [-0.3, -0.25) is 14.9 Å². The predicted molar refractivity (Wildman–Crippen MR) is 70.5 cm³/mol. The SMILES string of the molecule is CCCCCCc1ccc2c(c1)C(=O)NC(=O)C2. The summed E-state index contributed by atoms with van der Waals surface area (Å²) in [6, 6.07) is 5.89. The van der Waals surface area contributed by atoms with Crippen molar-refractivity contribution in [2.45, 2.75) is 45.4 Å². The number of carbonyl (C=O) groups is 2. The Balaban J connectivity index is 2.05. The zero-order valence-electron chi connectivity index (χ0n) is 10.8. The molecule has 0 bridgehead atoms. The van der Waals surface area contributed by atoms with Crippen LogP contribution >= 0.6 is 0 Å². The van der Waals surface area contributed by atoms with E-state index in [4.69, 9.17) is 0 Å². The molecule has 1 N–H and O–H groups in total. The monoisotopic (exact) mass is 245 g/mol. The minimum atomic E-state index is -0.253. The van der Waals surface area contributed by atoms with E-state index in [9.17, 15) is 9.59 Å². The van der Waals surface area contributed by atoms with E-state index in [2.05, 4.69) is 12.2 Å². The van der Waals surface area contributed by atoms with E-state index in [1.165, 1.54) is 24.8 Å². The highest BCUT2D eigenvalue weighted by Crippen LogP contribution is 2.18. The first-order valence-electron chi connectivity index (χ1n) is 6.66. The van der Waals surface area contributed by atoms with Gasteiger partial charge < -0.3 is 0 Å². The molecule has 1 heterocycles. The quantitative estimate of drug-likeness (QED) is 0.640. The van der Waals surface area contributed by atoms with Crippen LogP contribution < -0.4 is 5.32 Å². The van der Waals surface area contributed by atoms with Crippen molar-refractivity contribution in [1.29, 1.82) is 0 Å². The second-order valence-corrected chi connectivity index (χ2v) is 4.86. The number of aryl methyl sites for hydroxylation is 1. The van der Waals surface area contributed by atoms with E-state index in [-0.39, 0.29) is 11.8 Å². The van der Waals surface area contributed by atoms with Crippen molar-refractivity contribution in [2.75, 3.05) is 0 Å². The van der Waals surface area contributed by atoms with Gasteiger partial charge in [0.1, 0.15) is 0 Å². The van der Waals surface area contributed by atoms with Gasteiger partial charge in [0.2, 0.25) is 5.91 Å². The summed E-state index contributed by atoms with van der Waals surface area (Å²) in [5, 5.41) is 2.36. The molecular formula is C15H19NO2. The Morgan fingerprint density at radius 3 is 2.78 bits per heavy atom. The molecule has 2 rings (SSSR count). The van der Waals surface area contributed by atoms with Gasteiger partial charge in [-0.1, -0.05) is 38.3 Å². The molecule has 1 aromatic carbocycles. The third kappa shape index (κ3) is 2.97. The number of amides is 2. The third-order valence-corrected chi connectivity index (χ3v) is 3.34. The van der Waals surface area contributed by atoms with Gasteiger partial charge in [0.05, 0.1) is 6.42 Å². The van der Waals surface area contributed by atoms with Gasteiger partial charge in [-0.15, -0.1) is 0 Å². The molecule has 0 saturated carbocycles. The molecule has 1 aliphatic rings. The zero-order valence-corrected chi connectivity index (χ0v) is 10.8. The largest absolute Gasteiger partial charge is 0.292 e. The Morgan fingerprint density at radius 2 is 2.00 bits per heavy atom. The maximum Gasteiger partial charge on any atom is 0.258 e. The summed E-state index contributed by atoms with van der Waals surface area (Å²) in [5.74, 6) is -0.458. The van der Waals surface area contributed by atoms with E-state index in [1.807, 2.05) is 18.2 Å². The van der Waals surface area contributed by atoms with Gasteiger partial charge in [-0.25, -0.2) is 0 Å². The lowest BCUT2D eigenvalue weighted by Crippen LogP contribution is -2.37. The van der Waals surface area contributed by atoms with Crippen molar-refractivity contribution in [3.05, 3.63) is 34.9 Å². The maximum atomic E-state index is 11.7. The normalized spacial score (nSPS) is 14.3. The summed E-state index contributed by atoms with van der Waals surface area (Å²) in [4.78, 5) is 22.9. The summed E-state index contributed by atoms with van der Waals surface area (Å²) in [6.45, 7) is 2.19. The lowest BCUT2D eigenvalue weighted by atomic mass is 9.95. The van der Waals surface area contributed by atoms with Crippen LogP contribution in [-0.4, -0.2) is 11.8 Å². The molecule has 2 amide bonds. The number of unbranched alkanes of at least 4 members (excludes halogenated alkanes) is 3. The number of benzene rings is 1. The smallest absolute Gasteiger partial charge is 0.258 e. The summed E-state index contributed by atoms with van der Waals surface area (Å²) >= 11 is 0. The van der Waals surface area contributed by atoms with E-state index < -0.39 is 0 Å². The van der Waals surface area contributed by atoms with Crippen LogP contribution in [0.4, 0.5) is 0 Å². The Labute approximate surface area is 108 Å². The molecule has 18 heavy (non-hydrogen) atoms. The molecule has 0 unspecified atom stereocenters. The number of imide groups is 1. The Hall–Kier alpha value is -1.64. The molecule has 96 valence electrons. The minimum absolute atomic E-state index is 0.205. The predicted octanol–water partition coefficient (Wildman–Crippen LogP) is 2.62. The second kappa shape index (κ2) is 5.80. The first kappa shape index (κ1) is 12.8. The van der Waals surface area contributed by atoms with E-state index in [0.29, 0.717) is 12.0 Å². The molecule has 0 aliphatic carbocycles. The van der Waals surface area contributed by atoms with Crippen LogP contribution in [0.3, 0.4) is 0 Å². The molecular weight excluding hydrogens is 226 g/mol. The van der Waals surface area contributed by atoms with Crippen LogP contribution in [0, 0.1) is 0 Å². The number of carbonyl (C=O) groups excluding carboxylic acids is 2. The fourth-order valence-corrected chi connectivity index (χ4v) is 2.31. The van der Waals surface area contributed by atoms with Gasteiger partial charge in [0.25, 0.3) is 5.91 Å². The highest BCUT2D eigenvalue weighted by Gasteiger charge is 2.21. The molecule has 0 spiro atoms. The summed E-state index contributed by atoms with van der Waals surface area (Å²) in [6.07, 6.45) is 6.21. The molecule has 0 atom stereocenters. The highest BCUT2D eigenvalue weighted by atomic mass is 16.2. The van der Waals surface area contributed by atoms with Crippen molar-refractivity contribution in [3.63, 3.8) is 0 Å². The van der Waals surface area contributed by atoms with Gasteiger partial charge >= 0.3 is 0 Å². The average molecular weight is 245 g/mol.